The van der Waals surface area contributed by atoms with Gasteiger partial charge in [-0.25, -0.2) is 0 Å². The molecule has 1 radical (unpaired) electrons. The first kappa shape index (κ1) is 9.24. The number of pyridine rings is 1. The van der Waals surface area contributed by atoms with Crippen molar-refractivity contribution in [3.8, 4) is 0 Å². The molecule has 0 fully saturated rings. The van der Waals surface area contributed by atoms with E-state index in [-0.39, 0.29) is 0 Å². The van der Waals surface area contributed by atoms with Gasteiger partial charge < -0.3 is 0 Å². The number of hydrogen-bond donors (Lipinski definition) is 0. The SMILES string of the molecule is [CH2]CCCCCc1ccccn1. The fraction of sp³-hybridized carbons (Fsp3) is 0.455. The molecule has 0 saturated heterocycles. The van der Waals surface area contributed by atoms with Crippen LogP contribution in [0.3, 0.4) is 0 Å². The van der Waals surface area contributed by atoms with Crippen molar-refractivity contribution in [3.05, 3.63) is 37.0 Å². The normalized spacial score (nSPS) is 10.1. The van der Waals surface area contributed by atoms with Gasteiger partial charge in [0.15, 0.2) is 0 Å². The average Bonchev–Trinajstić information content (AvgIpc) is 2.14. The average molecular weight is 162 g/mol. The second kappa shape index (κ2) is 5.76. The van der Waals surface area contributed by atoms with Crippen molar-refractivity contribution < 1.29 is 0 Å². The Kier molecular flexibility index (Phi) is 4.43. The number of nitrogens with zero attached hydrogens (tertiary/aromatic N) is 1. The van der Waals surface area contributed by atoms with Crippen LogP contribution in [0.4, 0.5) is 0 Å². The van der Waals surface area contributed by atoms with Crippen LogP contribution in [-0.4, -0.2) is 4.98 Å². The van der Waals surface area contributed by atoms with Crippen LogP contribution < -0.4 is 0 Å². The van der Waals surface area contributed by atoms with Crippen LogP contribution in [0.15, 0.2) is 24.4 Å². The first-order valence-corrected chi connectivity index (χ1v) is 4.62. The fourth-order valence-electron chi connectivity index (χ4n) is 1.21. The highest BCUT2D eigenvalue weighted by atomic mass is 14.7. The molecule has 1 aromatic rings. The molecule has 0 amide bonds. The zero-order chi connectivity index (χ0) is 8.65. The van der Waals surface area contributed by atoms with Gasteiger partial charge in [-0.1, -0.05) is 32.3 Å². The van der Waals surface area contributed by atoms with Crippen molar-refractivity contribution in [3.63, 3.8) is 0 Å². The van der Waals surface area contributed by atoms with Crippen molar-refractivity contribution in [1.29, 1.82) is 0 Å². The molecule has 0 saturated carbocycles. The molecule has 1 aromatic heterocycles. The number of aryl methyl sites for hydroxylation is 1. The highest BCUT2D eigenvalue weighted by molar-refractivity contribution is 5.03. The van der Waals surface area contributed by atoms with Gasteiger partial charge in [0, 0.05) is 11.9 Å². The van der Waals surface area contributed by atoms with E-state index >= 15 is 0 Å². The van der Waals surface area contributed by atoms with E-state index in [9.17, 15) is 0 Å². The van der Waals surface area contributed by atoms with E-state index in [0.717, 1.165) is 12.8 Å². The van der Waals surface area contributed by atoms with E-state index in [1.165, 1.54) is 25.0 Å². The molecule has 1 heteroatoms. The van der Waals surface area contributed by atoms with Gasteiger partial charge in [0.05, 0.1) is 0 Å². The molecule has 0 atom stereocenters. The predicted molar refractivity (Wildman–Crippen MR) is 51.8 cm³/mol. The van der Waals surface area contributed by atoms with Gasteiger partial charge in [0.1, 0.15) is 0 Å². The standard InChI is InChI=1S/C11H16N/c1-2-3-4-5-8-11-9-6-7-10-12-11/h6-7,9-10H,1-5,8H2. The maximum atomic E-state index is 4.26. The largest absolute Gasteiger partial charge is 0.261 e. The fourth-order valence-corrected chi connectivity index (χ4v) is 1.21. The lowest BCUT2D eigenvalue weighted by Gasteiger charge is -1.98. The molecule has 0 unspecified atom stereocenters. The Hall–Kier alpha value is -0.850. The summed E-state index contributed by atoms with van der Waals surface area (Å²) in [5.41, 5.74) is 1.21. The maximum Gasteiger partial charge on any atom is 0.0403 e. The van der Waals surface area contributed by atoms with Crippen LogP contribution in [0, 0.1) is 6.92 Å². The highest BCUT2D eigenvalue weighted by Crippen LogP contribution is 2.04. The Bertz CT molecular complexity index is 193. The van der Waals surface area contributed by atoms with Crippen molar-refractivity contribution in [2.45, 2.75) is 32.1 Å². The monoisotopic (exact) mass is 162 g/mol. The van der Waals surface area contributed by atoms with E-state index in [4.69, 9.17) is 0 Å². The van der Waals surface area contributed by atoms with Crippen LogP contribution >= 0.6 is 0 Å². The summed E-state index contributed by atoms with van der Waals surface area (Å²) in [7, 11) is 0. The first-order chi connectivity index (χ1) is 5.93. The van der Waals surface area contributed by atoms with E-state index in [1.807, 2.05) is 18.3 Å². The van der Waals surface area contributed by atoms with Crippen LogP contribution in [0.25, 0.3) is 0 Å². The molecule has 0 N–H and O–H groups in total. The van der Waals surface area contributed by atoms with E-state index in [2.05, 4.69) is 18.0 Å². The summed E-state index contributed by atoms with van der Waals surface area (Å²) in [6.45, 7) is 3.81. The molecular weight excluding hydrogens is 146 g/mol. The molecule has 1 heterocycles. The molecule has 0 spiro atoms. The Morgan fingerprint density at radius 2 is 2.08 bits per heavy atom. The lowest BCUT2D eigenvalue weighted by molar-refractivity contribution is 0.678. The van der Waals surface area contributed by atoms with Gasteiger partial charge in [0.2, 0.25) is 0 Å². The quantitative estimate of drug-likeness (QED) is 0.606. The Morgan fingerprint density at radius 1 is 1.17 bits per heavy atom. The summed E-state index contributed by atoms with van der Waals surface area (Å²) in [6, 6.07) is 6.09. The van der Waals surface area contributed by atoms with Crippen LogP contribution in [0.1, 0.15) is 31.4 Å². The number of rotatable bonds is 5. The molecule has 0 aliphatic heterocycles. The molecule has 65 valence electrons. The molecule has 0 aliphatic carbocycles. The predicted octanol–water partition coefficient (Wildman–Crippen LogP) is 3.02. The van der Waals surface area contributed by atoms with Crippen LogP contribution in [-0.2, 0) is 6.42 Å². The van der Waals surface area contributed by atoms with Crippen molar-refractivity contribution in [1.82, 2.24) is 4.98 Å². The smallest absolute Gasteiger partial charge is 0.0403 e. The minimum Gasteiger partial charge on any atom is -0.261 e. The van der Waals surface area contributed by atoms with Crippen LogP contribution in [0.5, 0.6) is 0 Å². The van der Waals surface area contributed by atoms with E-state index < -0.39 is 0 Å². The second-order valence-electron chi connectivity index (χ2n) is 2.99. The molecule has 0 bridgehead atoms. The van der Waals surface area contributed by atoms with Gasteiger partial charge in [-0.05, 0) is 25.0 Å². The molecule has 0 aromatic carbocycles. The number of hydrogen-bond acceptors (Lipinski definition) is 1. The lowest BCUT2D eigenvalue weighted by Crippen LogP contribution is -1.88. The van der Waals surface area contributed by atoms with Crippen molar-refractivity contribution >= 4 is 0 Å². The summed E-state index contributed by atoms with van der Waals surface area (Å²) in [5.74, 6) is 0. The van der Waals surface area contributed by atoms with Crippen molar-refractivity contribution in [2.75, 3.05) is 0 Å². The molecule has 0 aliphatic rings. The zero-order valence-electron chi connectivity index (χ0n) is 7.50. The molecule has 12 heavy (non-hydrogen) atoms. The summed E-state index contributed by atoms with van der Waals surface area (Å²) in [5, 5.41) is 0. The number of unbranched alkanes of at least 4 members (excludes halogenated alkanes) is 3. The van der Waals surface area contributed by atoms with Crippen LogP contribution in [0.2, 0.25) is 0 Å². The summed E-state index contributed by atoms with van der Waals surface area (Å²) < 4.78 is 0. The van der Waals surface area contributed by atoms with Gasteiger partial charge in [-0.2, -0.15) is 0 Å². The van der Waals surface area contributed by atoms with Gasteiger partial charge >= 0.3 is 0 Å². The summed E-state index contributed by atoms with van der Waals surface area (Å²) >= 11 is 0. The second-order valence-corrected chi connectivity index (χ2v) is 2.99. The number of aromatic nitrogens is 1. The highest BCUT2D eigenvalue weighted by Gasteiger charge is 1.91. The lowest BCUT2D eigenvalue weighted by atomic mass is 10.1. The maximum absolute atomic E-state index is 4.26. The Balaban J connectivity index is 2.16. The third kappa shape index (κ3) is 3.51. The molecular formula is C11H16N. The third-order valence-electron chi connectivity index (χ3n) is 1.91. The summed E-state index contributed by atoms with van der Waals surface area (Å²) in [6.07, 6.45) is 7.79. The Morgan fingerprint density at radius 3 is 2.75 bits per heavy atom. The van der Waals surface area contributed by atoms with Gasteiger partial charge in [-0.15, -0.1) is 0 Å². The third-order valence-corrected chi connectivity index (χ3v) is 1.91. The molecule has 1 rings (SSSR count). The minimum absolute atomic E-state index is 1.06. The van der Waals surface area contributed by atoms with E-state index in [0.29, 0.717) is 0 Å². The first-order valence-electron chi connectivity index (χ1n) is 4.62. The Labute approximate surface area is 74.8 Å². The zero-order valence-corrected chi connectivity index (χ0v) is 7.50. The summed E-state index contributed by atoms with van der Waals surface area (Å²) in [4.78, 5) is 4.26. The van der Waals surface area contributed by atoms with E-state index in [1.54, 1.807) is 0 Å². The van der Waals surface area contributed by atoms with Crippen molar-refractivity contribution in [2.24, 2.45) is 0 Å². The molecule has 1 nitrogen and oxygen atoms in total. The van der Waals surface area contributed by atoms with Gasteiger partial charge in [-0.3, -0.25) is 4.98 Å². The van der Waals surface area contributed by atoms with Gasteiger partial charge in [0.25, 0.3) is 0 Å². The topological polar surface area (TPSA) is 12.9 Å². The minimum atomic E-state index is 1.06.